The summed E-state index contributed by atoms with van der Waals surface area (Å²) in [6, 6.07) is 4.70. The van der Waals surface area contributed by atoms with Gasteiger partial charge < -0.3 is 14.8 Å². The average Bonchev–Trinajstić information content (AvgIpc) is 3.62. The number of rotatable bonds is 9. The summed E-state index contributed by atoms with van der Waals surface area (Å²) in [6.07, 6.45) is 5.41. The molecule has 3 aliphatic rings. The molecule has 2 aliphatic carbocycles. The van der Waals surface area contributed by atoms with E-state index in [1.807, 2.05) is 6.92 Å². The Bertz CT molecular complexity index is 831. The van der Waals surface area contributed by atoms with Crippen LogP contribution in [0.3, 0.4) is 0 Å². The molecule has 4 rings (SSSR count). The molecule has 0 unspecified atom stereocenters. The zero-order valence-corrected chi connectivity index (χ0v) is 17.7. The lowest BCUT2D eigenvalue weighted by molar-refractivity contribution is -0.117. The van der Waals surface area contributed by atoms with Gasteiger partial charge in [-0.25, -0.2) is 8.42 Å². The van der Waals surface area contributed by atoms with Gasteiger partial charge in [-0.3, -0.25) is 4.79 Å². The van der Waals surface area contributed by atoms with Gasteiger partial charge in [-0.05, 0) is 68.6 Å². The highest BCUT2D eigenvalue weighted by molar-refractivity contribution is 7.89. The third-order valence-corrected chi connectivity index (χ3v) is 7.90. The number of carbonyl (C=O) groups is 1. The molecule has 1 aromatic rings. The maximum absolute atomic E-state index is 13.0. The molecular weight excluding hydrogens is 392 g/mol. The van der Waals surface area contributed by atoms with Crippen LogP contribution in [0.4, 0.5) is 5.69 Å². The fraction of sp³-hybridized carbons (Fsp3) is 0.667. The number of nitrogens with zero attached hydrogens (tertiary/aromatic N) is 1. The van der Waals surface area contributed by atoms with Crippen LogP contribution >= 0.6 is 0 Å². The molecule has 1 N–H and O–H groups in total. The standard InChI is InChI=1S/C21H30N2O5S/c1-2-28-20-8-7-17(29(25,26)23-9-11-27-12-10-23)13-19(20)22-21(24)14-18(15-3-4-15)16-5-6-16/h7-8,13,15-16,18H,2-6,9-12,14H2,1H3,(H,22,24). The molecule has 2 saturated carbocycles. The SMILES string of the molecule is CCOc1ccc(S(=O)(=O)N2CCOCC2)cc1NC(=O)CC(C1CC1)C1CC1. The Morgan fingerprint density at radius 1 is 1.21 bits per heavy atom. The van der Waals surface area contributed by atoms with Gasteiger partial charge in [0.1, 0.15) is 5.75 Å². The molecule has 1 aromatic carbocycles. The molecule has 160 valence electrons. The number of nitrogens with one attached hydrogen (secondary N) is 1. The Kier molecular flexibility index (Phi) is 6.13. The number of hydrogen-bond acceptors (Lipinski definition) is 5. The molecule has 1 aliphatic heterocycles. The van der Waals surface area contributed by atoms with Crippen LogP contribution in [0.1, 0.15) is 39.0 Å². The number of benzene rings is 1. The van der Waals surface area contributed by atoms with Crippen molar-refractivity contribution in [2.45, 2.75) is 43.9 Å². The molecule has 7 nitrogen and oxygen atoms in total. The summed E-state index contributed by atoms with van der Waals surface area (Å²) in [5.74, 6) is 2.28. The molecule has 29 heavy (non-hydrogen) atoms. The highest BCUT2D eigenvalue weighted by Gasteiger charge is 2.42. The van der Waals surface area contributed by atoms with Crippen molar-refractivity contribution in [1.29, 1.82) is 0 Å². The van der Waals surface area contributed by atoms with Gasteiger partial charge in [0.05, 0.1) is 30.4 Å². The quantitative estimate of drug-likeness (QED) is 0.661. The van der Waals surface area contributed by atoms with Crippen LogP contribution in [0.5, 0.6) is 5.75 Å². The predicted molar refractivity (Wildman–Crippen MR) is 109 cm³/mol. The van der Waals surface area contributed by atoms with Gasteiger partial charge in [0.2, 0.25) is 15.9 Å². The third-order valence-electron chi connectivity index (χ3n) is 6.01. The summed E-state index contributed by atoms with van der Waals surface area (Å²) >= 11 is 0. The Labute approximate surface area is 172 Å². The number of carbonyl (C=O) groups excluding carboxylic acids is 1. The van der Waals surface area contributed by atoms with Crippen LogP contribution in [0.2, 0.25) is 0 Å². The van der Waals surface area contributed by atoms with Crippen molar-refractivity contribution in [1.82, 2.24) is 4.31 Å². The van der Waals surface area contributed by atoms with E-state index in [0.29, 0.717) is 68.5 Å². The minimum Gasteiger partial charge on any atom is -0.492 e. The van der Waals surface area contributed by atoms with Crippen molar-refractivity contribution in [3.05, 3.63) is 18.2 Å². The van der Waals surface area contributed by atoms with Gasteiger partial charge in [-0.2, -0.15) is 4.31 Å². The number of ether oxygens (including phenoxy) is 2. The Morgan fingerprint density at radius 3 is 2.45 bits per heavy atom. The van der Waals surface area contributed by atoms with Crippen LogP contribution in [0.25, 0.3) is 0 Å². The van der Waals surface area contributed by atoms with Crippen LogP contribution in [0, 0.1) is 17.8 Å². The van der Waals surface area contributed by atoms with E-state index in [2.05, 4.69) is 5.32 Å². The van der Waals surface area contributed by atoms with Crippen molar-refractivity contribution in [2.75, 3.05) is 38.2 Å². The predicted octanol–water partition coefficient (Wildman–Crippen LogP) is 2.87. The first-order chi connectivity index (χ1) is 14.0. The summed E-state index contributed by atoms with van der Waals surface area (Å²) in [4.78, 5) is 12.9. The van der Waals surface area contributed by atoms with Crippen molar-refractivity contribution < 1.29 is 22.7 Å². The van der Waals surface area contributed by atoms with E-state index in [-0.39, 0.29) is 10.8 Å². The fourth-order valence-corrected chi connectivity index (χ4v) is 5.60. The van der Waals surface area contributed by atoms with Crippen LogP contribution in [-0.2, 0) is 19.6 Å². The van der Waals surface area contributed by atoms with Gasteiger partial charge in [0.15, 0.2) is 0 Å². The molecule has 0 atom stereocenters. The zero-order valence-electron chi connectivity index (χ0n) is 16.9. The number of sulfonamides is 1. The minimum atomic E-state index is -3.64. The Balaban J connectivity index is 1.52. The first-order valence-electron chi connectivity index (χ1n) is 10.6. The van der Waals surface area contributed by atoms with Gasteiger partial charge >= 0.3 is 0 Å². The molecule has 0 bridgehead atoms. The summed E-state index contributed by atoms with van der Waals surface area (Å²) in [5, 5.41) is 2.93. The lowest BCUT2D eigenvalue weighted by Crippen LogP contribution is -2.40. The second-order valence-electron chi connectivity index (χ2n) is 8.20. The van der Waals surface area contributed by atoms with Gasteiger partial charge in [-0.1, -0.05) is 0 Å². The third kappa shape index (κ3) is 4.92. The molecule has 1 heterocycles. The van der Waals surface area contributed by atoms with Gasteiger partial charge in [0.25, 0.3) is 0 Å². The van der Waals surface area contributed by atoms with E-state index in [9.17, 15) is 13.2 Å². The van der Waals surface area contributed by atoms with Crippen LogP contribution in [0.15, 0.2) is 23.1 Å². The smallest absolute Gasteiger partial charge is 0.243 e. The van der Waals surface area contributed by atoms with Crippen LogP contribution in [-0.4, -0.2) is 51.5 Å². The van der Waals surface area contributed by atoms with Gasteiger partial charge in [0, 0.05) is 19.5 Å². The molecule has 1 amide bonds. The van der Waals surface area contributed by atoms with E-state index in [1.165, 1.54) is 36.1 Å². The second-order valence-corrected chi connectivity index (χ2v) is 10.1. The van der Waals surface area contributed by atoms with E-state index in [4.69, 9.17) is 9.47 Å². The summed E-state index contributed by atoms with van der Waals surface area (Å²) in [7, 11) is -3.64. The minimum absolute atomic E-state index is 0.0596. The molecule has 3 fully saturated rings. The summed E-state index contributed by atoms with van der Waals surface area (Å²) in [6.45, 7) is 3.75. The highest BCUT2D eigenvalue weighted by atomic mass is 32.2. The Hall–Kier alpha value is -1.64. The van der Waals surface area contributed by atoms with E-state index in [0.717, 1.165) is 0 Å². The second kappa shape index (κ2) is 8.62. The number of morpholine rings is 1. The molecule has 0 aromatic heterocycles. The van der Waals surface area contributed by atoms with Crippen LogP contribution < -0.4 is 10.1 Å². The van der Waals surface area contributed by atoms with E-state index in [1.54, 1.807) is 12.1 Å². The average molecular weight is 423 g/mol. The van der Waals surface area contributed by atoms with Crippen molar-refractivity contribution in [3.63, 3.8) is 0 Å². The normalized spacial score (nSPS) is 20.6. The van der Waals surface area contributed by atoms with Crippen molar-refractivity contribution in [2.24, 2.45) is 17.8 Å². The van der Waals surface area contributed by atoms with Crippen molar-refractivity contribution >= 4 is 21.6 Å². The number of amides is 1. The molecule has 0 radical (unpaired) electrons. The highest BCUT2D eigenvalue weighted by Crippen LogP contribution is 2.50. The lowest BCUT2D eigenvalue weighted by atomic mass is 9.94. The fourth-order valence-electron chi connectivity index (χ4n) is 4.17. The Morgan fingerprint density at radius 2 is 1.86 bits per heavy atom. The number of anilines is 1. The zero-order chi connectivity index (χ0) is 20.4. The maximum atomic E-state index is 13.0. The largest absolute Gasteiger partial charge is 0.492 e. The molecule has 8 heteroatoms. The van der Waals surface area contributed by atoms with Crippen molar-refractivity contribution in [3.8, 4) is 5.75 Å². The first-order valence-corrected chi connectivity index (χ1v) is 12.1. The topological polar surface area (TPSA) is 84.9 Å². The summed E-state index contributed by atoms with van der Waals surface area (Å²) in [5.41, 5.74) is 0.427. The number of hydrogen-bond donors (Lipinski definition) is 1. The van der Waals surface area contributed by atoms with E-state index < -0.39 is 10.0 Å². The first kappa shape index (κ1) is 20.6. The summed E-state index contributed by atoms with van der Waals surface area (Å²) < 4.78 is 38.3. The molecule has 0 spiro atoms. The maximum Gasteiger partial charge on any atom is 0.243 e. The molecule has 1 saturated heterocycles. The lowest BCUT2D eigenvalue weighted by Gasteiger charge is -2.26. The monoisotopic (exact) mass is 422 g/mol. The van der Waals surface area contributed by atoms with E-state index >= 15 is 0 Å². The molecular formula is C21H30N2O5S. The van der Waals surface area contributed by atoms with Gasteiger partial charge in [-0.15, -0.1) is 0 Å².